The third-order valence-corrected chi connectivity index (χ3v) is 3.15. The van der Waals surface area contributed by atoms with Crippen molar-refractivity contribution in [2.45, 2.75) is 39.8 Å². The second-order valence-electron chi connectivity index (χ2n) is 6.01. The molecule has 7 nitrogen and oxygen atoms in total. The summed E-state index contributed by atoms with van der Waals surface area (Å²) in [5, 5.41) is 15.8. The number of carbonyl (C=O) groups is 2. The number of carboxylic acid groups (broad SMARTS) is 1. The van der Waals surface area contributed by atoms with E-state index in [0.717, 1.165) is 0 Å². The molecule has 0 unspecified atom stereocenters. The van der Waals surface area contributed by atoms with Gasteiger partial charge in [-0.1, -0.05) is 0 Å². The third kappa shape index (κ3) is 3.36. The lowest BCUT2D eigenvalue weighted by Crippen LogP contribution is -2.24. The first-order valence-corrected chi connectivity index (χ1v) is 6.84. The van der Waals surface area contributed by atoms with E-state index in [0.29, 0.717) is 17.1 Å². The largest absolute Gasteiger partial charge is 0.478 e. The van der Waals surface area contributed by atoms with Gasteiger partial charge in [0.25, 0.3) is 5.91 Å². The van der Waals surface area contributed by atoms with Crippen LogP contribution < -0.4 is 5.32 Å². The molecule has 0 aliphatic carbocycles. The molecule has 118 valence electrons. The van der Waals surface area contributed by atoms with Crippen molar-refractivity contribution < 1.29 is 19.1 Å². The molecule has 0 spiro atoms. The standard InChI is InChI=1S/C15H19N3O4/c1-9-12(14(20)21)5-11(22-9)7-16-13(19)10-6-17-18(8-10)15(2,3)4/h5-6,8H,7H2,1-4H3,(H,16,19)(H,20,21). The number of hydrogen-bond donors (Lipinski definition) is 2. The molecule has 0 saturated carbocycles. The van der Waals surface area contributed by atoms with Gasteiger partial charge < -0.3 is 14.8 Å². The van der Waals surface area contributed by atoms with E-state index >= 15 is 0 Å². The number of nitrogens with zero attached hydrogens (tertiary/aromatic N) is 2. The molecule has 0 aliphatic rings. The van der Waals surface area contributed by atoms with E-state index in [2.05, 4.69) is 10.4 Å². The molecular formula is C15H19N3O4. The maximum absolute atomic E-state index is 12.1. The normalized spacial score (nSPS) is 11.5. The van der Waals surface area contributed by atoms with E-state index in [-0.39, 0.29) is 23.6 Å². The molecule has 22 heavy (non-hydrogen) atoms. The van der Waals surface area contributed by atoms with Crippen LogP contribution in [-0.2, 0) is 12.1 Å². The minimum Gasteiger partial charge on any atom is -0.478 e. The molecule has 0 saturated heterocycles. The molecule has 2 aromatic rings. The molecular weight excluding hydrogens is 286 g/mol. The summed E-state index contributed by atoms with van der Waals surface area (Å²) in [6.45, 7) is 7.65. The molecule has 2 aromatic heterocycles. The molecule has 0 fully saturated rings. The Hall–Kier alpha value is -2.57. The van der Waals surface area contributed by atoms with Crippen LogP contribution in [0.2, 0.25) is 0 Å². The predicted molar refractivity (Wildman–Crippen MR) is 78.8 cm³/mol. The minimum absolute atomic E-state index is 0.102. The summed E-state index contributed by atoms with van der Waals surface area (Å²) in [6, 6.07) is 1.41. The fraction of sp³-hybridized carbons (Fsp3) is 0.400. The Morgan fingerprint density at radius 2 is 2.09 bits per heavy atom. The van der Waals surface area contributed by atoms with Gasteiger partial charge >= 0.3 is 5.97 Å². The minimum atomic E-state index is -1.05. The Balaban J connectivity index is 2.02. The zero-order chi connectivity index (χ0) is 16.5. The molecule has 2 heterocycles. The Morgan fingerprint density at radius 1 is 1.41 bits per heavy atom. The Kier molecular flexibility index (Phi) is 4.07. The number of rotatable bonds is 4. The van der Waals surface area contributed by atoms with E-state index in [9.17, 15) is 9.59 Å². The quantitative estimate of drug-likeness (QED) is 0.902. The van der Waals surface area contributed by atoms with Gasteiger partial charge in [-0.15, -0.1) is 0 Å². The maximum atomic E-state index is 12.1. The molecule has 0 aliphatic heterocycles. The Morgan fingerprint density at radius 3 is 2.59 bits per heavy atom. The number of aromatic nitrogens is 2. The second-order valence-corrected chi connectivity index (χ2v) is 6.01. The van der Waals surface area contributed by atoms with Crippen LogP contribution in [0.1, 0.15) is 53.0 Å². The average molecular weight is 305 g/mol. The number of hydrogen-bond acceptors (Lipinski definition) is 4. The Labute approximate surface area is 127 Å². The molecule has 0 aromatic carbocycles. The highest BCUT2D eigenvalue weighted by Crippen LogP contribution is 2.15. The van der Waals surface area contributed by atoms with Crippen molar-refractivity contribution in [2.24, 2.45) is 0 Å². The zero-order valence-electron chi connectivity index (χ0n) is 13.0. The first kappa shape index (κ1) is 15.8. The average Bonchev–Trinajstić information content (AvgIpc) is 3.01. The van der Waals surface area contributed by atoms with Gasteiger partial charge in [0.1, 0.15) is 17.1 Å². The zero-order valence-corrected chi connectivity index (χ0v) is 13.0. The van der Waals surface area contributed by atoms with Gasteiger partial charge in [0.15, 0.2) is 0 Å². The van der Waals surface area contributed by atoms with Crippen LogP contribution in [0, 0.1) is 6.92 Å². The fourth-order valence-corrected chi connectivity index (χ4v) is 1.92. The summed E-state index contributed by atoms with van der Waals surface area (Å²) in [4.78, 5) is 23.0. The highest BCUT2D eigenvalue weighted by Gasteiger charge is 2.18. The number of carboxylic acids is 1. The van der Waals surface area contributed by atoms with Gasteiger partial charge in [-0.2, -0.15) is 5.10 Å². The first-order chi connectivity index (χ1) is 10.2. The van der Waals surface area contributed by atoms with Crippen molar-refractivity contribution in [3.8, 4) is 0 Å². The highest BCUT2D eigenvalue weighted by molar-refractivity contribution is 5.93. The van der Waals surface area contributed by atoms with Crippen molar-refractivity contribution in [1.29, 1.82) is 0 Å². The number of aryl methyl sites for hydroxylation is 1. The lowest BCUT2D eigenvalue weighted by Gasteiger charge is -2.18. The van der Waals surface area contributed by atoms with Gasteiger partial charge in [-0.05, 0) is 33.8 Å². The molecule has 0 bridgehead atoms. The van der Waals surface area contributed by atoms with Gasteiger partial charge in [-0.25, -0.2) is 4.79 Å². The summed E-state index contributed by atoms with van der Waals surface area (Å²) in [7, 11) is 0. The van der Waals surface area contributed by atoms with Crippen LogP contribution in [0.4, 0.5) is 0 Å². The van der Waals surface area contributed by atoms with E-state index in [1.165, 1.54) is 12.3 Å². The smallest absolute Gasteiger partial charge is 0.339 e. The van der Waals surface area contributed by atoms with Gasteiger partial charge in [0, 0.05) is 6.20 Å². The molecule has 1 amide bonds. The lowest BCUT2D eigenvalue weighted by molar-refractivity contribution is 0.0694. The lowest BCUT2D eigenvalue weighted by atomic mass is 10.1. The van der Waals surface area contributed by atoms with Gasteiger partial charge in [-0.3, -0.25) is 9.48 Å². The topological polar surface area (TPSA) is 97.4 Å². The van der Waals surface area contributed by atoms with Crippen LogP contribution in [0.3, 0.4) is 0 Å². The van der Waals surface area contributed by atoms with Crippen LogP contribution in [0.5, 0.6) is 0 Å². The summed E-state index contributed by atoms with van der Waals surface area (Å²) in [5.74, 6) is -0.629. The van der Waals surface area contributed by atoms with Crippen LogP contribution in [-0.4, -0.2) is 26.8 Å². The van der Waals surface area contributed by atoms with E-state index in [1.54, 1.807) is 17.8 Å². The number of amides is 1. The van der Waals surface area contributed by atoms with Crippen molar-refractivity contribution >= 4 is 11.9 Å². The monoisotopic (exact) mass is 305 g/mol. The summed E-state index contributed by atoms with van der Waals surface area (Å²) >= 11 is 0. The van der Waals surface area contributed by atoms with Crippen molar-refractivity contribution in [3.63, 3.8) is 0 Å². The summed E-state index contributed by atoms with van der Waals surface area (Å²) < 4.78 is 7.02. The first-order valence-electron chi connectivity index (χ1n) is 6.84. The van der Waals surface area contributed by atoms with E-state index < -0.39 is 5.97 Å². The number of furan rings is 1. The van der Waals surface area contributed by atoms with Crippen molar-refractivity contribution in [1.82, 2.24) is 15.1 Å². The van der Waals surface area contributed by atoms with Gasteiger partial charge in [0.2, 0.25) is 0 Å². The van der Waals surface area contributed by atoms with E-state index in [4.69, 9.17) is 9.52 Å². The number of carbonyl (C=O) groups excluding carboxylic acids is 1. The van der Waals surface area contributed by atoms with Crippen molar-refractivity contribution in [2.75, 3.05) is 0 Å². The molecule has 2 N–H and O–H groups in total. The summed E-state index contributed by atoms with van der Waals surface area (Å²) in [5.41, 5.74) is 0.342. The SMILES string of the molecule is Cc1oc(CNC(=O)c2cnn(C(C)(C)C)c2)cc1C(=O)O. The van der Waals surface area contributed by atoms with Crippen LogP contribution >= 0.6 is 0 Å². The maximum Gasteiger partial charge on any atom is 0.339 e. The van der Waals surface area contributed by atoms with Crippen LogP contribution in [0.15, 0.2) is 22.9 Å². The number of aromatic carboxylic acids is 1. The fourth-order valence-electron chi connectivity index (χ4n) is 1.92. The molecule has 0 radical (unpaired) electrons. The summed E-state index contributed by atoms with van der Waals surface area (Å²) in [6.07, 6.45) is 3.17. The predicted octanol–water partition coefficient (Wildman–Crippen LogP) is 2.17. The second kappa shape index (κ2) is 5.67. The molecule has 0 atom stereocenters. The molecule has 2 rings (SSSR count). The number of nitrogens with one attached hydrogen (secondary N) is 1. The van der Waals surface area contributed by atoms with Crippen molar-refractivity contribution in [3.05, 3.63) is 41.1 Å². The highest BCUT2D eigenvalue weighted by atomic mass is 16.4. The molecule has 7 heteroatoms. The van der Waals surface area contributed by atoms with Crippen LogP contribution in [0.25, 0.3) is 0 Å². The van der Waals surface area contributed by atoms with E-state index in [1.807, 2.05) is 20.8 Å². The Bertz CT molecular complexity index is 707. The third-order valence-electron chi connectivity index (χ3n) is 3.15. The van der Waals surface area contributed by atoms with Gasteiger partial charge in [0.05, 0.1) is 23.8 Å².